The number of likely N-dealkylation sites (N-methyl/N-ethyl adjacent to an activating group) is 1. The fraction of sp³-hybridized carbons (Fsp3) is 0.732. The normalized spacial score (nSPS) is 41.3. The summed E-state index contributed by atoms with van der Waals surface area (Å²) in [5, 5.41) is 94.0. The maximum absolute atomic E-state index is 15.2. The van der Waals surface area contributed by atoms with E-state index in [4.69, 9.17) is 56.8 Å². The van der Waals surface area contributed by atoms with Crippen molar-refractivity contribution in [3.8, 4) is 17.2 Å². The van der Waals surface area contributed by atoms with Crippen LogP contribution >= 0.6 is 0 Å². The molecule has 9 rings (SSSR count). The third-order valence-corrected chi connectivity index (χ3v) is 17.8. The molecule has 2 aliphatic carbocycles. The molecule has 2 aromatic carbocycles. The first-order chi connectivity index (χ1) is 38.6. The van der Waals surface area contributed by atoms with Gasteiger partial charge in [0.15, 0.2) is 37.0 Å². The van der Waals surface area contributed by atoms with Gasteiger partial charge in [-0.15, -0.1) is 0 Å². The molecule has 0 amide bonds. The molecule has 4 fully saturated rings. The Bertz CT molecular complexity index is 2730. The summed E-state index contributed by atoms with van der Waals surface area (Å²) < 4.78 is 72.3. The number of carbonyl (C=O) groups is 3. The van der Waals surface area contributed by atoms with Crippen LogP contribution in [0.2, 0.25) is 0 Å². The summed E-state index contributed by atoms with van der Waals surface area (Å²) >= 11 is 0. The molecular weight excluding hydrogens is 1080 g/mol. The minimum atomic E-state index is -1.94. The molecule has 26 heteroatoms. The van der Waals surface area contributed by atoms with Crippen molar-refractivity contribution in [2.75, 3.05) is 42.0 Å². The van der Waals surface area contributed by atoms with Gasteiger partial charge in [-0.1, -0.05) is 6.92 Å². The van der Waals surface area contributed by atoms with Gasteiger partial charge in [0.1, 0.15) is 54.2 Å². The Morgan fingerprint density at radius 3 is 1.85 bits per heavy atom. The number of benzene rings is 2. The van der Waals surface area contributed by atoms with Crippen LogP contribution < -0.4 is 4.74 Å². The first-order valence-corrected chi connectivity index (χ1v) is 27.7. The van der Waals surface area contributed by atoms with E-state index < -0.39 is 202 Å². The summed E-state index contributed by atoms with van der Waals surface area (Å²) in [7, 11) is 7.35. The number of nitrogens with zero attached hydrogens (tertiary/aromatic N) is 2. The van der Waals surface area contributed by atoms with Crippen LogP contribution in [0.1, 0.15) is 147 Å². The summed E-state index contributed by atoms with van der Waals surface area (Å²) in [5.41, 5.74) is -5.60. The van der Waals surface area contributed by atoms with E-state index in [2.05, 4.69) is 0 Å². The molecule has 4 saturated heterocycles. The Hall–Kier alpha value is -4.59. The zero-order chi connectivity index (χ0) is 59.9. The number of ether oxygens (including phenoxy) is 12. The Labute approximate surface area is 473 Å². The summed E-state index contributed by atoms with van der Waals surface area (Å²) in [5.74, 6) is -6.88. The topological polar surface area (TPSA) is 350 Å². The van der Waals surface area contributed by atoms with Crippen LogP contribution in [0, 0.1) is 10.1 Å². The van der Waals surface area contributed by atoms with Gasteiger partial charge in [0.25, 0.3) is 5.54 Å². The number of carbonyl (C=O) groups excluding carboxylic acids is 3. The molecule has 0 aromatic heterocycles. The van der Waals surface area contributed by atoms with Gasteiger partial charge in [-0.05, 0) is 66.4 Å². The predicted molar refractivity (Wildman–Crippen MR) is 280 cm³/mol. The number of fused-ring (bicyclic) bond motifs is 5. The molecule has 0 saturated carbocycles. The maximum Gasteiger partial charge on any atom is 0.316 e. The van der Waals surface area contributed by atoms with Gasteiger partial charge in [0, 0.05) is 74.4 Å². The molecule has 7 aliphatic rings. The molecule has 0 spiro atoms. The fourth-order valence-corrected chi connectivity index (χ4v) is 13.4. The van der Waals surface area contributed by atoms with E-state index in [1.54, 1.807) is 53.6 Å². The van der Waals surface area contributed by atoms with Gasteiger partial charge in [-0.25, -0.2) is 0 Å². The molecule has 5 heterocycles. The van der Waals surface area contributed by atoms with Crippen molar-refractivity contribution in [1.29, 1.82) is 0 Å². The third-order valence-electron chi connectivity index (χ3n) is 17.8. The number of nitro groups is 1. The highest BCUT2D eigenvalue weighted by molar-refractivity contribution is 6.31. The molecular formula is C56H78N2O24. The molecule has 23 unspecified atom stereocenters. The van der Waals surface area contributed by atoms with Crippen LogP contribution in [-0.2, 0) is 56.9 Å². The molecule has 0 bridgehead atoms. The zero-order valence-corrected chi connectivity index (χ0v) is 48.0. The number of rotatable bonds is 13. The highest BCUT2D eigenvalue weighted by atomic mass is 16.7. The van der Waals surface area contributed by atoms with Crippen molar-refractivity contribution in [2.45, 2.75) is 220 Å². The third kappa shape index (κ3) is 11.0. The van der Waals surface area contributed by atoms with Gasteiger partial charge in [-0.3, -0.25) is 24.5 Å². The summed E-state index contributed by atoms with van der Waals surface area (Å²) in [6, 6.07) is 1.58. The van der Waals surface area contributed by atoms with Crippen molar-refractivity contribution >= 4 is 17.5 Å². The second kappa shape index (κ2) is 23.7. The number of aliphatic hydroxyl groups is 5. The molecule has 0 radical (unpaired) electrons. The Balaban J connectivity index is 0.984. The average molecular weight is 1160 g/mol. The highest BCUT2D eigenvalue weighted by Gasteiger charge is 2.59. The Morgan fingerprint density at radius 1 is 0.707 bits per heavy atom. The van der Waals surface area contributed by atoms with E-state index >= 15 is 4.79 Å². The lowest BCUT2D eigenvalue weighted by Gasteiger charge is -2.47. The molecule has 456 valence electrons. The number of methoxy groups -OCH3 is 3. The minimum absolute atomic E-state index is 0.0234. The molecule has 7 N–H and O–H groups in total. The van der Waals surface area contributed by atoms with E-state index in [0.29, 0.717) is 0 Å². The van der Waals surface area contributed by atoms with Crippen LogP contribution in [0.5, 0.6) is 17.2 Å². The van der Waals surface area contributed by atoms with Crippen LogP contribution in [0.25, 0.3) is 0 Å². The van der Waals surface area contributed by atoms with E-state index in [1.165, 1.54) is 40.2 Å². The Kier molecular flexibility index (Phi) is 17.9. The van der Waals surface area contributed by atoms with Gasteiger partial charge in [0.05, 0.1) is 96.8 Å². The highest BCUT2D eigenvalue weighted by Crippen LogP contribution is 2.55. The van der Waals surface area contributed by atoms with Crippen LogP contribution in [0.4, 0.5) is 0 Å². The van der Waals surface area contributed by atoms with Gasteiger partial charge in [0.2, 0.25) is 5.78 Å². The Morgan fingerprint density at radius 2 is 1.28 bits per heavy atom. The van der Waals surface area contributed by atoms with Gasteiger partial charge >= 0.3 is 5.97 Å². The molecule has 82 heavy (non-hydrogen) atoms. The van der Waals surface area contributed by atoms with E-state index in [9.17, 15) is 55.4 Å². The average Bonchev–Trinajstić information content (AvgIpc) is 0.979. The number of aliphatic hydroxyl groups excluding tert-OH is 4. The first kappa shape index (κ1) is 62.0. The standard InChI is InChI=1S/C56H78N2O24/c1-21-26-14-29(59)41-42(47(64)28-13-27-39(48(65)40(28)49(41)66)34(18-56(7,68)43(27)54(67)73-12)79-36-16-32(71-10)45(62)22(2)75-36)52(26)74-20-31(61)44(57(8)9)50(21)80-35-15-30(60)51(24(4)77-35)81-38-19-55(6,58(69)70)53(25(5)78-38)82-37-17-33(72-11)46(63)23(3)76-37/h13-14,21-25,30-38,43-46,50-51,53,59-63,65,68H,15-20H2,1-12H3. The van der Waals surface area contributed by atoms with Crippen molar-refractivity contribution in [3.63, 3.8) is 0 Å². The second-order valence-corrected chi connectivity index (χ2v) is 23.6. The van der Waals surface area contributed by atoms with Crippen LogP contribution in [0.15, 0.2) is 12.1 Å². The maximum atomic E-state index is 15.2. The van der Waals surface area contributed by atoms with Crippen molar-refractivity contribution in [3.05, 3.63) is 61.2 Å². The van der Waals surface area contributed by atoms with Gasteiger partial charge in [-0.2, -0.15) is 0 Å². The van der Waals surface area contributed by atoms with Crippen molar-refractivity contribution < 1.29 is 112 Å². The molecule has 5 aliphatic heterocycles. The monoisotopic (exact) mass is 1160 g/mol. The van der Waals surface area contributed by atoms with Crippen molar-refractivity contribution in [2.24, 2.45) is 0 Å². The lowest BCUT2D eigenvalue weighted by atomic mass is 9.68. The number of hydrogen-bond donors (Lipinski definition) is 7. The van der Waals surface area contributed by atoms with E-state index in [0.717, 1.165) is 7.11 Å². The molecule has 2 aromatic rings. The number of phenolic OH excluding ortho intramolecular Hbond substituents is 2. The van der Waals surface area contributed by atoms with Gasteiger partial charge < -0.3 is 97.5 Å². The lowest BCUT2D eigenvalue weighted by molar-refractivity contribution is -0.599. The smallest absolute Gasteiger partial charge is 0.316 e. The zero-order valence-electron chi connectivity index (χ0n) is 48.0. The van der Waals surface area contributed by atoms with E-state index in [1.807, 2.05) is 0 Å². The number of ketones is 2. The molecule has 26 nitrogen and oxygen atoms in total. The van der Waals surface area contributed by atoms with Crippen LogP contribution in [0.3, 0.4) is 0 Å². The number of esters is 1. The SMILES string of the molecule is COC(=O)C1c2cc3c(c(O)c2C(OC2CC(OC)C(O)C(C)O2)CC1(C)O)C(=O)c1c(O)cc2c(c1C3=O)OCC(O)C(N(C)C)C(OC1CC(O)C(OC3CC(C)([N+](=O)[O-])C(OC4CC(OC)C(O)C(C)O4)C(C)O3)C(C)O1)C2C. The summed E-state index contributed by atoms with van der Waals surface area (Å²) in [4.78, 5) is 57.9. The summed E-state index contributed by atoms with van der Waals surface area (Å²) in [6.07, 6.45) is -18.9. The summed E-state index contributed by atoms with van der Waals surface area (Å²) in [6.45, 7) is 10.5. The van der Waals surface area contributed by atoms with Crippen LogP contribution in [-0.4, -0.2) is 227 Å². The van der Waals surface area contributed by atoms with E-state index in [-0.39, 0.29) is 54.5 Å². The molecule has 23 atom stereocenters. The minimum Gasteiger partial charge on any atom is -0.507 e. The number of hydrogen-bond acceptors (Lipinski definition) is 25. The quantitative estimate of drug-likeness (QED) is 0.0731. The lowest BCUT2D eigenvalue weighted by Crippen LogP contribution is -2.63. The van der Waals surface area contributed by atoms with Crippen molar-refractivity contribution in [1.82, 2.24) is 4.90 Å². The first-order valence-electron chi connectivity index (χ1n) is 27.7. The number of aromatic hydroxyl groups is 2. The predicted octanol–water partition coefficient (Wildman–Crippen LogP) is 1.97. The largest absolute Gasteiger partial charge is 0.507 e. The number of phenols is 2. The fourth-order valence-electron chi connectivity index (χ4n) is 13.4. The second-order valence-electron chi connectivity index (χ2n) is 23.6.